The second-order valence-corrected chi connectivity index (χ2v) is 5.71. The van der Waals surface area contributed by atoms with E-state index in [1.807, 2.05) is 0 Å². The van der Waals surface area contributed by atoms with E-state index in [4.69, 9.17) is 0 Å². The molecule has 1 N–H and O–H groups in total. The van der Waals surface area contributed by atoms with Crippen molar-refractivity contribution in [2.75, 3.05) is 6.54 Å². The van der Waals surface area contributed by atoms with Gasteiger partial charge in [-0.1, -0.05) is 19.8 Å². The largest absolute Gasteiger partial charge is 0.312 e. The fourth-order valence-corrected chi connectivity index (χ4v) is 2.17. The van der Waals surface area contributed by atoms with Crippen LogP contribution in [0.5, 0.6) is 0 Å². The van der Waals surface area contributed by atoms with Crippen molar-refractivity contribution in [1.82, 2.24) is 5.32 Å². The molecule has 1 fully saturated rings. The lowest BCUT2D eigenvalue weighted by Crippen LogP contribution is -2.46. The molecule has 0 aromatic heterocycles. The maximum atomic E-state index is 3.65. The Bertz CT molecular complexity index is 151. The topological polar surface area (TPSA) is 12.0 Å². The molecular weight excluding hydrogens is 158 g/mol. The van der Waals surface area contributed by atoms with Crippen LogP contribution in [-0.2, 0) is 0 Å². The van der Waals surface area contributed by atoms with Crippen LogP contribution in [0.4, 0.5) is 0 Å². The Morgan fingerprint density at radius 2 is 1.85 bits per heavy atom. The molecule has 0 aliphatic heterocycles. The molecule has 0 aromatic carbocycles. The maximum absolute atomic E-state index is 3.65. The first-order chi connectivity index (χ1) is 5.97. The molecule has 0 aromatic rings. The Balaban J connectivity index is 2.32. The van der Waals surface area contributed by atoms with Crippen LogP contribution >= 0.6 is 0 Å². The summed E-state index contributed by atoms with van der Waals surface area (Å²) in [5, 5.41) is 3.65. The first-order valence-electron chi connectivity index (χ1n) is 5.72. The first-order valence-corrected chi connectivity index (χ1v) is 5.72. The van der Waals surface area contributed by atoms with E-state index in [9.17, 15) is 0 Å². The van der Waals surface area contributed by atoms with E-state index in [0.29, 0.717) is 5.41 Å². The predicted molar refractivity (Wildman–Crippen MR) is 58.9 cm³/mol. The molecule has 1 heteroatoms. The molecule has 1 rings (SSSR count). The Kier molecular flexibility index (Phi) is 3.39. The van der Waals surface area contributed by atoms with Crippen LogP contribution in [0.1, 0.15) is 59.8 Å². The average Bonchev–Trinajstić information content (AvgIpc) is 1.92. The molecular formula is C12H25N. The molecule has 0 bridgehead atoms. The molecule has 1 aliphatic carbocycles. The minimum absolute atomic E-state index is 0.288. The summed E-state index contributed by atoms with van der Waals surface area (Å²) in [4.78, 5) is 0. The molecule has 0 amide bonds. The van der Waals surface area contributed by atoms with Gasteiger partial charge >= 0.3 is 0 Å². The van der Waals surface area contributed by atoms with Gasteiger partial charge in [-0.05, 0) is 45.4 Å². The van der Waals surface area contributed by atoms with Crippen molar-refractivity contribution in [1.29, 1.82) is 0 Å². The highest BCUT2D eigenvalue weighted by Crippen LogP contribution is 2.44. The predicted octanol–water partition coefficient (Wildman–Crippen LogP) is 3.34. The van der Waals surface area contributed by atoms with Crippen molar-refractivity contribution >= 4 is 0 Å². The normalized spacial score (nSPS) is 21.2. The van der Waals surface area contributed by atoms with E-state index < -0.39 is 0 Å². The number of hydrogen-bond acceptors (Lipinski definition) is 1. The van der Waals surface area contributed by atoms with Crippen LogP contribution in [0, 0.1) is 5.41 Å². The molecule has 1 aliphatic rings. The smallest absolute Gasteiger partial charge is 0.00967 e. The van der Waals surface area contributed by atoms with E-state index >= 15 is 0 Å². The Hall–Kier alpha value is -0.0400. The zero-order valence-corrected chi connectivity index (χ0v) is 9.74. The van der Waals surface area contributed by atoms with E-state index in [1.54, 1.807) is 0 Å². The first kappa shape index (κ1) is 11.0. The zero-order valence-electron chi connectivity index (χ0n) is 9.74. The van der Waals surface area contributed by atoms with Crippen LogP contribution in [0.15, 0.2) is 0 Å². The highest BCUT2D eigenvalue weighted by molar-refractivity contribution is 4.90. The van der Waals surface area contributed by atoms with Gasteiger partial charge in [0, 0.05) is 12.1 Å². The van der Waals surface area contributed by atoms with Gasteiger partial charge < -0.3 is 5.32 Å². The molecule has 0 unspecified atom stereocenters. The second kappa shape index (κ2) is 4.00. The standard InChI is InChI=1S/C12H25N/c1-5-7-12(8-6-9-12)10-13-11(2,3)4/h13H,5-10H2,1-4H3. The minimum Gasteiger partial charge on any atom is -0.312 e. The summed E-state index contributed by atoms with van der Waals surface area (Å²) in [5.41, 5.74) is 0.957. The molecule has 0 radical (unpaired) electrons. The van der Waals surface area contributed by atoms with Crippen molar-refractivity contribution in [2.45, 2.75) is 65.3 Å². The van der Waals surface area contributed by atoms with E-state index in [2.05, 4.69) is 33.0 Å². The summed E-state index contributed by atoms with van der Waals surface area (Å²) < 4.78 is 0. The summed E-state index contributed by atoms with van der Waals surface area (Å²) >= 11 is 0. The highest BCUT2D eigenvalue weighted by Gasteiger charge is 2.36. The van der Waals surface area contributed by atoms with Gasteiger partial charge in [0.1, 0.15) is 0 Å². The molecule has 1 saturated carbocycles. The Morgan fingerprint density at radius 1 is 1.23 bits per heavy atom. The van der Waals surface area contributed by atoms with E-state index in [1.165, 1.54) is 38.6 Å². The number of nitrogens with one attached hydrogen (secondary N) is 1. The third-order valence-electron chi connectivity index (χ3n) is 3.19. The average molecular weight is 183 g/mol. The van der Waals surface area contributed by atoms with Gasteiger partial charge in [-0.25, -0.2) is 0 Å². The van der Waals surface area contributed by atoms with Crippen molar-refractivity contribution in [3.8, 4) is 0 Å². The molecule has 0 heterocycles. The summed E-state index contributed by atoms with van der Waals surface area (Å²) in [5.74, 6) is 0. The fourth-order valence-electron chi connectivity index (χ4n) is 2.17. The number of hydrogen-bond donors (Lipinski definition) is 1. The zero-order chi connectivity index (χ0) is 9.95. The van der Waals surface area contributed by atoms with Crippen LogP contribution in [0.2, 0.25) is 0 Å². The van der Waals surface area contributed by atoms with Crippen molar-refractivity contribution in [3.05, 3.63) is 0 Å². The highest BCUT2D eigenvalue weighted by atomic mass is 15.0. The summed E-state index contributed by atoms with van der Waals surface area (Å²) in [7, 11) is 0. The second-order valence-electron chi connectivity index (χ2n) is 5.71. The van der Waals surface area contributed by atoms with Gasteiger partial charge in [0.25, 0.3) is 0 Å². The van der Waals surface area contributed by atoms with Crippen molar-refractivity contribution in [3.63, 3.8) is 0 Å². The lowest BCUT2D eigenvalue weighted by atomic mass is 9.66. The van der Waals surface area contributed by atoms with Gasteiger partial charge in [0.15, 0.2) is 0 Å². The third kappa shape index (κ3) is 3.30. The van der Waals surface area contributed by atoms with E-state index in [0.717, 1.165) is 0 Å². The quantitative estimate of drug-likeness (QED) is 0.705. The summed E-state index contributed by atoms with van der Waals surface area (Å²) in [6, 6.07) is 0. The van der Waals surface area contributed by atoms with Gasteiger partial charge in [0.2, 0.25) is 0 Å². The number of rotatable bonds is 4. The van der Waals surface area contributed by atoms with Crippen LogP contribution in [-0.4, -0.2) is 12.1 Å². The van der Waals surface area contributed by atoms with Crippen molar-refractivity contribution in [2.24, 2.45) is 5.41 Å². The monoisotopic (exact) mass is 183 g/mol. The fraction of sp³-hybridized carbons (Fsp3) is 1.00. The molecule has 0 atom stereocenters. The van der Waals surface area contributed by atoms with Crippen molar-refractivity contribution < 1.29 is 0 Å². The molecule has 78 valence electrons. The minimum atomic E-state index is 0.288. The summed E-state index contributed by atoms with van der Waals surface area (Å²) in [6.45, 7) is 10.3. The summed E-state index contributed by atoms with van der Waals surface area (Å²) in [6.07, 6.45) is 7.10. The Morgan fingerprint density at radius 3 is 2.15 bits per heavy atom. The van der Waals surface area contributed by atoms with Crippen LogP contribution in [0.3, 0.4) is 0 Å². The molecule has 1 nitrogen and oxygen atoms in total. The lowest BCUT2D eigenvalue weighted by Gasteiger charge is -2.44. The Labute approximate surface area is 83.3 Å². The van der Waals surface area contributed by atoms with Gasteiger partial charge in [-0.2, -0.15) is 0 Å². The van der Waals surface area contributed by atoms with Gasteiger partial charge in [-0.3, -0.25) is 0 Å². The van der Waals surface area contributed by atoms with Crippen LogP contribution < -0.4 is 5.32 Å². The van der Waals surface area contributed by atoms with Gasteiger partial charge in [0.05, 0.1) is 0 Å². The maximum Gasteiger partial charge on any atom is 0.00967 e. The lowest BCUT2D eigenvalue weighted by molar-refractivity contribution is 0.105. The molecule has 0 spiro atoms. The third-order valence-corrected chi connectivity index (χ3v) is 3.19. The van der Waals surface area contributed by atoms with E-state index in [-0.39, 0.29) is 5.54 Å². The SMILES string of the molecule is CCCC1(CNC(C)(C)C)CCC1. The molecule has 0 saturated heterocycles. The van der Waals surface area contributed by atoms with Gasteiger partial charge in [-0.15, -0.1) is 0 Å². The van der Waals surface area contributed by atoms with Crippen LogP contribution in [0.25, 0.3) is 0 Å². The molecule has 13 heavy (non-hydrogen) atoms.